The van der Waals surface area contributed by atoms with E-state index in [1.54, 1.807) is 13.3 Å². The zero-order chi connectivity index (χ0) is 12.7. The minimum Gasteiger partial charge on any atom is -0.480 e. The molecule has 0 heterocycles. The van der Waals surface area contributed by atoms with Gasteiger partial charge in [0.25, 0.3) is 0 Å². The molecule has 0 spiro atoms. The number of aliphatic carboxylic acids is 1. The third kappa shape index (κ3) is 4.65. The number of benzene rings is 1. The van der Waals surface area contributed by atoms with Crippen LogP contribution in [0.5, 0.6) is 0 Å². The van der Waals surface area contributed by atoms with Crippen LogP contribution in [0.3, 0.4) is 0 Å². The first-order chi connectivity index (χ1) is 8.13. The quantitative estimate of drug-likeness (QED) is 0.491. The molecule has 1 aromatic rings. The van der Waals surface area contributed by atoms with Gasteiger partial charge in [-0.25, -0.2) is 0 Å². The van der Waals surface area contributed by atoms with E-state index in [9.17, 15) is 4.79 Å². The monoisotopic (exact) mass is 235 g/mol. The fourth-order valence-electron chi connectivity index (χ4n) is 1.40. The summed E-state index contributed by atoms with van der Waals surface area (Å²) in [7, 11) is 1.74. The van der Waals surface area contributed by atoms with E-state index in [1.165, 1.54) is 0 Å². The first kappa shape index (κ1) is 13.2. The molecule has 92 valence electrons. The number of carbonyl (C=O) groups is 1. The maximum atomic E-state index is 10.6. The highest BCUT2D eigenvalue weighted by Gasteiger charge is 2.11. The van der Waals surface area contributed by atoms with E-state index in [4.69, 9.17) is 10.8 Å². The van der Waals surface area contributed by atoms with Crippen LogP contribution in [0, 0.1) is 0 Å². The Labute approximate surface area is 100 Å². The Hall–Kier alpha value is -1.88. The fourth-order valence-corrected chi connectivity index (χ4v) is 1.40. The Morgan fingerprint density at radius 1 is 1.47 bits per heavy atom. The molecule has 0 fully saturated rings. The van der Waals surface area contributed by atoms with Crippen LogP contribution in [-0.2, 0) is 17.6 Å². The maximum Gasteiger partial charge on any atom is 0.320 e. The first-order valence-electron chi connectivity index (χ1n) is 5.38. The first-order valence-corrected chi connectivity index (χ1v) is 5.38. The van der Waals surface area contributed by atoms with Crippen molar-refractivity contribution in [3.63, 3.8) is 0 Å². The lowest BCUT2D eigenvalue weighted by Crippen LogP contribution is -2.32. The fraction of sp³-hybridized carbons (Fsp3) is 0.333. The summed E-state index contributed by atoms with van der Waals surface area (Å²) >= 11 is 0. The van der Waals surface area contributed by atoms with Crippen molar-refractivity contribution in [1.29, 1.82) is 0 Å². The van der Waals surface area contributed by atoms with Crippen molar-refractivity contribution in [2.24, 2.45) is 10.8 Å². The summed E-state index contributed by atoms with van der Waals surface area (Å²) in [5, 5.41) is 12.6. The van der Waals surface area contributed by atoms with E-state index in [0.29, 0.717) is 6.42 Å². The average molecular weight is 235 g/mol. The minimum absolute atomic E-state index is 0.347. The molecule has 5 heteroatoms. The van der Waals surface area contributed by atoms with Gasteiger partial charge in [-0.15, -0.1) is 0 Å². The summed E-state index contributed by atoms with van der Waals surface area (Å²) in [6.07, 6.45) is 2.87. The number of carboxylic acids is 1. The number of hydrazone groups is 1. The molecule has 0 aromatic heterocycles. The molecule has 0 bridgehead atoms. The summed E-state index contributed by atoms with van der Waals surface area (Å²) in [4.78, 5) is 10.6. The predicted octanol–water partition coefficient (Wildman–Crippen LogP) is 0.389. The second-order valence-electron chi connectivity index (χ2n) is 3.70. The molecular formula is C12H17N3O2. The van der Waals surface area contributed by atoms with Crippen molar-refractivity contribution in [2.45, 2.75) is 18.9 Å². The zero-order valence-corrected chi connectivity index (χ0v) is 9.76. The molecule has 0 aliphatic rings. The van der Waals surface area contributed by atoms with Gasteiger partial charge in [0.05, 0.1) is 0 Å². The van der Waals surface area contributed by atoms with Gasteiger partial charge < -0.3 is 16.3 Å². The van der Waals surface area contributed by atoms with E-state index in [1.807, 2.05) is 24.3 Å². The lowest BCUT2D eigenvalue weighted by Gasteiger charge is -2.06. The summed E-state index contributed by atoms with van der Waals surface area (Å²) < 4.78 is 0. The van der Waals surface area contributed by atoms with Crippen LogP contribution < -0.4 is 11.2 Å². The SMILES string of the molecule is CN/N=C/Cc1ccc(CC(N)C(=O)O)cc1. The average Bonchev–Trinajstić information content (AvgIpc) is 2.31. The second-order valence-corrected chi connectivity index (χ2v) is 3.70. The Kier molecular flexibility index (Phi) is 5.16. The molecular weight excluding hydrogens is 218 g/mol. The largest absolute Gasteiger partial charge is 0.480 e. The van der Waals surface area contributed by atoms with E-state index in [0.717, 1.165) is 17.5 Å². The lowest BCUT2D eigenvalue weighted by atomic mass is 10.0. The van der Waals surface area contributed by atoms with Gasteiger partial charge in [0.1, 0.15) is 6.04 Å². The van der Waals surface area contributed by atoms with Crippen molar-refractivity contribution >= 4 is 12.2 Å². The lowest BCUT2D eigenvalue weighted by molar-refractivity contribution is -0.138. The molecule has 0 amide bonds. The van der Waals surface area contributed by atoms with Crippen LogP contribution in [0.15, 0.2) is 29.4 Å². The van der Waals surface area contributed by atoms with Crippen LogP contribution in [0.4, 0.5) is 0 Å². The third-order valence-electron chi connectivity index (χ3n) is 2.34. The number of carboxylic acid groups (broad SMARTS) is 1. The van der Waals surface area contributed by atoms with Gasteiger partial charge in [0.2, 0.25) is 0 Å². The Balaban J connectivity index is 2.55. The minimum atomic E-state index is -0.977. The smallest absolute Gasteiger partial charge is 0.320 e. The normalized spacial score (nSPS) is 12.6. The molecule has 5 nitrogen and oxygen atoms in total. The number of hydrogen-bond acceptors (Lipinski definition) is 4. The van der Waals surface area contributed by atoms with E-state index >= 15 is 0 Å². The van der Waals surface area contributed by atoms with E-state index in [2.05, 4.69) is 10.5 Å². The molecule has 1 unspecified atom stereocenters. The summed E-state index contributed by atoms with van der Waals surface area (Å²) in [5.41, 5.74) is 10.2. The van der Waals surface area contributed by atoms with Gasteiger partial charge in [0.15, 0.2) is 0 Å². The van der Waals surface area contributed by atoms with E-state index in [-0.39, 0.29) is 0 Å². The van der Waals surface area contributed by atoms with Crippen molar-refractivity contribution in [1.82, 2.24) is 5.43 Å². The molecule has 0 aliphatic heterocycles. The van der Waals surface area contributed by atoms with Crippen LogP contribution in [0.2, 0.25) is 0 Å². The zero-order valence-electron chi connectivity index (χ0n) is 9.76. The molecule has 1 rings (SSSR count). The molecule has 4 N–H and O–H groups in total. The van der Waals surface area contributed by atoms with Gasteiger partial charge >= 0.3 is 5.97 Å². The predicted molar refractivity (Wildman–Crippen MR) is 67.0 cm³/mol. The molecule has 0 radical (unpaired) electrons. The standard InChI is InChI=1S/C12H17N3O2/c1-14-15-7-6-9-2-4-10(5-3-9)8-11(13)12(16)17/h2-5,7,11,14H,6,8,13H2,1H3,(H,16,17)/b15-7+. The summed E-state index contributed by atoms with van der Waals surface area (Å²) in [5.74, 6) is -0.977. The Morgan fingerprint density at radius 3 is 2.59 bits per heavy atom. The van der Waals surface area contributed by atoms with Gasteiger partial charge in [0, 0.05) is 19.7 Å². The number of nitrogens with two attached hydrogens (primary N) is 1. The molecule has 0 saturated heterocycles. The maximum absolute atomic E-state index is 10.6. The van der Waals surface area contributed by atoms with Crippen LogP contribution in [0.25, 0.3) is 0 Å². The van der Waals surface area contributed by atoms with Gasteiger partial charge in [-0.3, -0.25) is 4.79 Å². The summed E-state index contributed by atoms with van der Waals surface area (Å²) in [6, 6.07) is 6.85. The number of rotatable bonds is 6. The molecule has 0 aliphatic carbocycles. The molecule has 1 atom stereocenters. The highest BCUT2D eigenvalue weighted by Crippen LogP contribution is 2.06. The van der Waals surface area contributed by atoms with Gasteiger partial charge in [-0.2, -0.15) is 5.10 Å². The highest BCUT2D eigenvalue weighted by atomic mass is 16.4. The number of nitrogens with zero attached hydrogens (tertiary/aromatic N) is 1. The van der Waals surface area contributed by atoms with Gasteiger partial charge in [-0.1, -0.05) is 24.3 Å². The Bertz CT molecular complexity index is 387. The van der Waals surface area contributed by atoms with Crippen molar-refractivity contribution < 1.29 is 9.90 Å². The highest BCUT2D eigenvalue weighted by molar-refractivity contribution is 5.73. The molecule has 0 saturated carbocycles. The molecule has 17 heavy (non-hydrogen) atoms. The van der Waals surface area contributed by atoms with Crippen molar-refractivity contribution in [3.05, 3.63) is 35.4 Å². The number of nitrogens with one attached hydrogen (secondary N) is 1. The van der Waals surface area contributed by atoms with Crippen LogP contribution in [0.1, 0.15) is 11.1 Å². The van der Waals surface area contributed by atoms with Crippen LogP contribution >= 0.6 is 0 Å². The van der Waals surface area contributed by atoms with E-state index < -0.39 is 12.0 Å². The van der Waals surface area contributed by atoms with Crippen molar-refractivity contribution in [3.8, 4) is 0 Å². The summed E-state index contributed by atoms with van der Waals surface area (Å²) in [6.45, 7) is 0. The van der Waals surface area contributed by atoms with Crippen molar-refractivity contribution in [2.75, 3.05) is 7.05 Å². The molecule has 1 aromatic carbocycles. The Morgan fingerprint density at radius 2 is 2.06 bits per heavy atom. The van der Waals surface area contributed by atoms with Crippen LogP contribution in [-0.4, -0.2) is 30.4 Å². The number of hydrogen-bond donors (Lipinski definition) is 3. The third-order valence-corrected chi connectivity index (χ3v) is 2.34. The second kappa shape index (κ2) is 6.65. The van der Waals surface area contributed by atoms with Gasteiger partial charge in [-0.05, 0) is 17.5 Å². The topological polar surface area (TPSA) is 87.7 Å².